The van der Waals surface area contributed by atoms with Gasteiger partial charge in [0.25, 0.3) is 0 Å². The highest BCUT2D eigenvalue weighted by Gasteiger charge is 2.02. The second-order valence-electron chi connectivity index (χ2n) is 3.29. The van der Waals surface area contributed by atoms with Crippen molar-refractivity contribution in [1.29, 1.82) is 0 Å². The molecule has 3 N–H and O–H groups in total. The highest BCUT2D eigenvalue weighted by Crippen LogP contribution is 2.06. The number of pyridine rings is 1. The lowest BCUT2D eigenvalue weighted by molar-refractivity contribution is 0.318. The van der Waals surface area contributed by atoms with Crippen LogP contribution in [-0.2, 0) is 0 Å². The van der Waals surface area contributed by atoms with Crippen LogP contribution in [0, 0.1) is 6.92 Å². The van der Waals surface area contributed by atoms with E-state index >= 15 is 0 Å². The van der Waals surface area contributed by atoms with E-state index in [-0.39, 0.29) is 5.84 Å². The lowest BCUT2D eigenvalue weighted by atomic mass is 10.3. The molecule has 2 aromatic heterocycles. The molecule has 0 aliphatic heterocycles. The van der Waals surface area contributed by atoms with Gasteiger partial charge >= 0.3 is 0 Å². The predicted molar refractivity (Wildman–Crippen MR) is 58.6 cm³/mol. The summed E-state index contributed by atoms with van der Waals surface area (Å²) in [7, 11) is 0. The van der Waals surface area contributed by atoms with Crippen LogP contribution in [0.15, 0.2) is 35.7 Å². The summed E-state index contributed by atoms with van der Waals surface area (Å²) in [6.45, 7) is 1.91. The number of rotatable bonds is 2. The second-order valence-corrected chi connectivity index (χ2v) is 3.29. The van der Waals surface area contributed by atoms with E-state index < -0.39 is 0 Å². The molecule has 82 valence electrons. The molecule has 0 aliphatic carbocycles. The minimum atomic E-state index is -0.0109. The number of nitrogens with two attached hydrogens (primary N) is 1. The van der Waals surface area contributed by atoms with Crippen molar-refractivity contribution in [3.8, 4) is 5.69 Å². The topological polar surface area (TPSA) is 89.3 Å². The van der Waals surface area contributed by atoms with E-state index in [1.54, 1.807) is 23.0 Å². The van der Waals surface area contributed by atoms with Crippen LogP contribution in [0.4, 0.5) is 0 Å². The molecule has 6 nitrogen and oxygen atoms in total. The normalized spacial score (nSPS) is 11.7. The Bertz CT molecular complexity index is 514. The number of aryl methyl sites for hydroxylation is 1. The van der Waals surface area contributed by atoms with Crippen molar-refractivity contribution < 1.29 is 5.21 Å². The van der Waals surface area contributed by atoms with Crippen LogP contribution in [0.1, 0.15) is 11.4 Å². The van der Waals surface area contributed by atoms with E-state index in [9.17, 15) is 0 Å². The van der Waals surface area contributed by atoms with Crippen LogP contribution in [-0.4, -0.2) is 25.8 Å². The highest BCUT2D eigenvalue weighted by molar-refractivity contribution is 5.95. The van der Waals surface area contributed by atoms with Gasteiger partial charge in [0, 0.05) is 6.20 Å². The van der Waals surface area contributed by atoms with Gasteiger partial charge in [-0.15, -0.1) is 0 Å². The molecule has 0 saturated heterocycles. The Kier molecular flexibility index (Phi) is 2.55. The van der Waals surface area contributed by atoms with Crippen LogP contribution in [0.5, 0.6) is 0 Å². The van der Waals surface area contributed by atoms with Crippen LogP contribution in [0.2, 0.25) is 0 Å². The summed E-state index contributed by atoms with van der Waals surface area (Å²) in [6, 6.07) is 5.37. The number of aromatic nitrogens is 3. The molecule has 0 aliphatic rings. The molecule has 0 aromatic carbocycles. The minimum Gasteiger partial charge on any atom is -0.409 e. The number of amidine groups is 1. The largest absolute Gasteiger partial charge is 0.409 e. The Balaban J connectivity index is 2.33. The van der Waals surface area contributed by atoms with Crippen molar-refractivity contribution in [2.75, 3.05) is 0 Å². The van der Waals surface area contributed by atoms with Crippen molar-refractivity contribution in [3.63, 3.8) is 0 Å². The molecular formula is C10H11N5O. The van der Waals surface area contributed by atoms with Crippen molar-refractivity contribution in [2.45, 2.75) is 6.92 Å². The highest BCUT2D eigenvalue weighted by atomic mass is 16.4. The van der Waals surface area contributed by atoms with Gasteiger partial charge in [-0.3, -0.25) is 4.98 Å². The molecule has 0 saturated carbocycles. The lowest BCUT2D eigenvalue weighted by Gasteiger charge is -2.02. The first-order valence-corrected chi connectivity index (χ1v) is 4.67. The zero-order valence-electron chi connectivity index (χ0n) is 8.70. The maximum absolute atomic E-state index is 8.48. The SMILES string of the molecule is Cc1ccn(-c2ccc(/C(N)=N/O)nc2)n1. The van der Waals surface area contributed by atoms with Crippen molar-refractivity contribution in [3.05, 3.63) is 42.0 Å². The molecule has 2 heterocycles. The summed E-state index contributed by atoms with van der Waals surface area (Å²) in [5, 5.41) is 15.6. The van der Waals surface area contributed by atoms with Crippen molar-refractivity contribution >= 4 is 5.84 Å². The molecule has 0 spiro atoms. The molecule has 0 radical (unpaired) electrons. The fourth-order valence-electron chi connectivity index (χ4n) is 1.28. The second kappa shape index (κ2) is 4.01. The van der Waals surface area contributed by atoms with E-state index in [1.165, 1.54) is 0 Å². The van der Waals surface area contributed by atoms with Gasteiger partial charge in [0.2, 0.25) is 0 Å². The Hall–Kier alpha value is -2.37. The summed E-state index contributed by atoms with van der Waals surface area (Å²) in [6.07, 6.45) is 3.45. The van der Waals surface area contributed by atoms with Crippen LogP contribution in [0.25, 0.3) is 5.69 Å². The third kappa shape index (κ3) is 1.85. The summed E-state index contributed by atoms with van der Waals surface area (Å²) >= 11 is 0. The third-order valence-corrected chi connectivity index (χ3v) is 2.10. The quantitative estimate of drug-likeness (QED) is 0.335. The maximum Gasteiger partial charge on any atom is 0.188 e. The number of hydrogen-bond donors (Lipinski definition) is 2. The number of nitrogens with zero attached hydrogens (tertiary/aromatic N) is 4. The molecule has 6 heteroatoms. The van der Waals surface area contributed by atoms with E-state index in [2.05, 4.69) is 15.2 Å². The molecule has 16 heavy (non-hydrogen) atoms. The van der Waals surface area contributed by atoms with Gasteiger partial charge in [-0.05, 0) is 25.1 Å². The van der Waals surface area contributed by atoms with Gasteiger partial charge in [-0.1, -0.05) is 5.16 Å². The molecule has 0 amide bonds. The first-order valence-electron chi connectivity index (χ1n) is 4.67. The number of oxime groups is 1. The van der Waals surface area contributed by atoms with Crippen molar-refractivity contribution in [2.24, 2.45) is 10.9 Å². The van der Waals surface area contributed by atoms with Crippen LogP contribution in [0.3, 0.4) is 0 Å². The average molecular weight is 217 g/mol. The third-order valence-electron chi connectivity index (χ3n) is 2.10. The fraction of sp³-hybridized carbons (Fsp3) is 0.100. The zero-order chi connectivity index (χ0) is 11.5. The van der Waals surface area contributed by atoms with Gasteiger partial charge < -0.3 is 10.9 Å². The van der Waals surface area contributed by atoms with Crippen LogP contribution < -0.4 is 5.73 Å². The van der Waals surface area contributed by atoms with Gasteiger partial charge in [0.15, 0.2) is 5.84 Å². The standard InChI is InChI=1S/C10H11N5O/c1-7-4-5-15(13-7)8-2-3-9(12-6-8)10(11)14-16/h2-6,16H,1H3,(H2,11,14). The van der Waals surface area contributed by atoms with Crippen molar-refractivity contribution in [1.82, 2.24) is 14.8 Å². The monoisotopic (exact) mass is 217 g/mol. The van der Waals surface area contributed by atoms with Crippen LogP contribution >= 0.6 is 0 Å². The predicted octanol–water partition coefficient (Wildman–Crippen LogP) is 0.670. The molecule has 0 fully saturated rings. The molecule has 2 aromatic rings. The smallest absolute Gasteiger partial charge is 0.188 e. The minimum absolute atomic E-state index is 0.0109. The zero-order valence-corrected chi connectivity index (χ0v) is 8.70. The molecule has 0 unspecified atom stereocenters. The van der Waals surface area contributed by atoms with Gasteiger partial charge in [0.1, 0.15) is 5.69 Å². The number of hydrogen-bond acceptors (Lipinski definition) is 4. The molecular weight excluding hydrogens is 206 g/mol. The maximum atomic E-state index is 8.48. The Morgan fingerprint density at radius 1 is 1.44 bits per heavy atom. The lowest BCUT2D eigenvalue weighted by Crippen LogP contribution is -2.15. The Morgan fingerprint density at radius 3 is 2.75 bits per heavy atom. The van der Waals surface area contributed by atoms with Gasteiger partial charge in [0.05, 0.1) is 17.6 Å². The van der Waals surface area contributed by atoms with E-state index in [0.717, 1.165) is 11.4 Å². The summed E-state index contributed by atoms with van der Waals surface area (Å²) in [5.74, 6) is -0.0109. The summed E-state index contributed by atoms with van der Waals surface area (Å²) < 4.78 is 1.71. The van der Waals surface area contributed by atoms with E-state index in [0.29, 0.717) is 5.69 Å². The van der Waals surface area contributed by atoms with E-state index in [1.807, 2.05) is 19.2 Å². The Labute approximate surface area is 92.0 Å². The average Bonchev–Trinajstić information content (AvgIpc) is 2.75. The Morgan fingerprint density at radius 2 is 2.25 bits per heavy atom. The fourth-order valence-corrected chi connectivity index (χ4v) is 1.28. The summed E-state index contributed by atoms with van der Waals surface area (Å²) in [5.41, 5.74) is 7.58. The first kappa shape index (κ1) is 10.2. The van der Waals surface area contributed by atoms with E-state index in [4.69, 9.17) is 10.9 Å². The van der Waals surface area contributed by atoms with Gasteiger partial charge in [-0.25, -0.2) is 4.68 Å². The molecule has 2 rings (SSSR count). The molecule has 0 atom stereocenters. The summed E-state index contributed by atoms with van der Waals surface area (Å²) in [4.78, 5) is 4.06. The first-order chi connectivity index (χ1) is 7.70. The molecule has 0 bridgehead atoms. The van der Waals surface area contributed by atoms with Gasteiger partial charge in [-0.2, -0.15) is 5.10 Å².